The van der Waals surface area contributed by atoms with Crippen molar-refractivity contribution in [3.63, 3.8) is 0 Å². The Bertz CT molecular complexity index is 1560. The van der Waals surface area contributed by atoms with E-state index in [1.54, 1.807) is 16.8 Å². The molecule has 0 radical (unpaired) electrons. The maximum atomic E-state index is 13.2. The topological polar surface area (TPSA) is 80.6 Å². The second kappa shape index (κ2) is 10.9. The molecule has 1 aliphatic rings. The van der Waals surface area contributed by atoms with Crippen LogP contribution in [0, 0.1) is 12.7 Å². The number of aryl methyl sites for hydroxylation is 1. The molecule has 1 saturated heterocycles. The van der Waals surface area contributed by atoms with Gasteiger partial charge < -0.3 is 14.6 Å². The summed E-state index contributed by atoms with van der Waals surface area (Å²) in [6, 6.07) is 20.6. The van der Waals surface area contributed by atoms with Crippen molar-refractivity contribution in [3.8, 4) is 5.75 Å². The fourth-order valence-electron chi connectivity index (χ4n) is 4.20. The van der Waals surface area contributed by atoms with Gasteiger partial charge in [0, 0.05) is 28.4 Å². The largest absolute Gasteiger partial charge is 0.492 e. The molecule has 1 N–H and O–H groups in total. The van der Waals surface area contributed by atoms with Crippen LogP contribution in [-0.4, -0.2) is 39.7 Å². The smallest absolute Gasteiger partial charge is 0.293 e. The van der Waals surface area contributed by atoms with Crippen LogP contribution in [0.2, 0.25) is 0 Å². The van der Waals surface area contributed by atoms with Crippen LogP contribution in [0.3, 0.4) is 0 Å². The summed E-state index contributed by atoms with van der Waals surface area (Å²) in [5.41, 5.74) is 3.08. The van der Waals surface area contributed by atoms with Crippen LogP contribution >= 0.6 is 11.8 Å². The summed E-state index contributed by atoms with van der Waals surface area (Å²) in [6.07, 6.45) is 3.47. The Morgan fingerprint density at radius 3 is 2.63 bits per heavy atom. The van der Waals surface area contributed by atoms with Crippen LogP contribution in [0.5, 0.6) is 5.75 Å². The van der Waals surface area contributed by atoms with Gasteiger partial charge in [0.1, 0.15) is 24.7 Å². The van der Waals surface area contributed by atoms with Gasteiger partial charge >= 0.3 is 0 Å². The van der Waals surface area contributed by atoms with E-state index in [9.17, 15) is 18.8 Å². The maximum Gasteiger partial charge on any atom is 0.293 e. The fraction of sp³-hybridized carbons (Fsp3) is 0.138. The van der Waals surface area contributed by atoms with Crippen molar-refractivity contribution in [1.82, 2.24) is 9.47 Å². The van der Waals surface area contributed by atoms with Crippen molar-refractivity contribution >= 4 is 51.5 Å². The highest BCUT2D eigenvalue weighted by Crippen LogP contribution is 2.34. The number of halogens is 1. The predicted molar refractivity (Wildman–Crippen MR) is 146 cm³/mol. The van der Waals surface area contributed by atoms with Crippen LogP contribution in [0.25, 0.3) is 17.0 Å². The van der Waals surface area contributed by atoms with Crippen LogP contribution in [0.15, 0.2) is 83.9 Å². The molecule has 9 heteroatoms. The monoisotopic (exact) mass is 529 g/mol. The van der Waals surface area contributed by atoms with E-state index in [1.807, 2.05) is 55.5 Å². The molecule has 1 aliphatic heterocycles. The number of imide groups is 1. The first kappa shape index (κ1) is 25.3. The lowest BCUT2D eigenvalue weighted by molar-refractivity contribution is -0.123. The Morgan fingerprint density at radius 1 is 1.05 bits per heavy atom. The number of hydrogen-bond donors (Lipinski definition) is 1. The molecule has 0 spiro atoms. The second-order valence-electron chi connectivity index (χ2n) is 8.78. The Kier molecular flexibility index (Phi) is 7.28. The van der Waals surface area contributed by atoms with Crippen molar-refractivity contribution in [2.75, 3.05) is 18.5 Å². The highest BCUT2D eigenvalue weighted by Gasteiger charge is 2.35. The molecule has 4 aromatic rings. The van der Waals surface area contributed by atoms with Gasteiger partial charge in [-0.3, -0.25) is 19.3 Å². The van der Waals surface area contributed by atoms with Crippen molar-refractivity contribution in [2.45, 2.75) is 13.5 Å². The van der Waals surface area contributed by atoms with Crippen LogP contribution in [-0.2, 0) is 16.1 Å². The average Bonchev–Trinajstić information content (AvgIpc) is 3.37. The Morgan fingerprint density at radius 2 is 1.84 bits per heavy atom. The standard InChI is InChI=1S/C29H24FN3O4S/c1-19-5-4-6-23(15-19)37-14-13-33-28(35)26(38-29(33)36)16-20-17-32(25-8-3-2-7-24(20)25)18-27(34)31-22-11-9-21(30)10-12-22/h2-12,15-17H,13-14,18H2,1H3,(H,31,34)/b26-16-. The third-order valence-corrected chi connectivity index (χ3v) is 6.90. The van der Waals surface area contributed by atoms with E-state index in [2.05, 4.69) is 5.32 Å². The molecular formula is C29H24FN3O4S. The van der Waals surface area contributed by atoms with Gasteiger partial charge in [-0.1, -0.05) is 30.3 Å². The van der Waals surface area contributed by atoms with Crippen LogP contribution in [0.1, 0.15) is 11.1 Å². The zero-order chi connectivity index (χ0) is 26.6. The molecule has 1 fully saturated rings. The fourth-order valence-corrected chi connectivity index (χ4v) is 5.06. The maximum absolute atomic E-state index is 13.2. The molecule has 2 heterocycles. The molecule has 0 saturated carbocycles. The third kappa shape index (κ3) is 5.63. The first-order valence-corrected chi connectivity index (χ1v) is 12.8. The summed E-state index contributed by atoms with van der Waals surface area (Å²) in [6.45, 7) is 2.31. The summed E-state index contributed by atoms with van der Waals surface area (Å²) in [7, 11) is 0. The molecule has 7 nitrogen and oxygen atoms in total. The van der Waals surface area contributed by atoms with Crippen LogP contribution < -0.4 is 10.1 Å². The molecule has 0 bridgehead atoms. The number of fused-ring (bicyclic) bond motifs is 1. The van der Waals surface area contributed by atoms with E-state index < -0.39 is 0 Å². The number of aromatic nitrogens is 1. The zero-order valence-electron chi connectivity index (χ0n) is 20.5. The average molecular weight is 530 g/mol. The lowest BCUT2D eigenvalue weighted by Crippen LogP contribution is -2.32. The van der Waals surface area contributed by atoms with Gasteiger partial charge in [0.25, 0.3) is 11.1 Å². The van der Waals surface area contributed by atoms with E-state index in [0.717, 1.165) is 33.8 Å². The SMILES string of the molecule is Cc1cccc(OCCN2C(=O)S/C(=C\c3cn(CC(=O)Nc4ccc(F)cc4)c4ccccc34)C2=O)c1. The first-order valence-electron chi connectivity index (χ1n) is 12.0. The number of amides is 3. The first-order chi connectivity index (χ1) is 18.4. The minimum atomic E-state index is -0.382. The number of anilines is 1. The van der Waals surface area contributed by atoms with Crippen molar-refractivity contribution in [1.29, 1.82) is 0 Å². The molecule has 38 heavy (non-hydrogen) atoms. The highest BCUT2D eigenvalue weighted by atomic mass is 32.2. The minimum absolute atomic E-state index is 0.0174. The number of carbonyl (C=O) groups excluding carboxylic acids is 3. The third-order valence-electron chi connectivity index (χ3n) is 5.99. The summed E-state index contributed by atoms with van der Waals surface area (Å²) in [5, 5.41) is 3.25. The number of ether oxygens (including phenoxy) is 1. The normalized spacial score (nSPS) is 14.5. The van der Waals surface area contributed by atoms with Gasteiger partial charge in [-0.2, -0.15) is 0 Å². The van der Waals surface area contributed by atoms with Crippen molar-refractivity contribution < 1.29 is 23.5 Å². The number of hydrogen-bond acceptors (Lipinski definition) is 5. The van der Waals surface area contributed by atoms with Gasteiger partial charge in [0.05, 0.1) is 11.4 Å². The highest BCUT2D eigenvalue weighted by molar-refractivity contribution is 8.18. The molecule has 0 unspecified atom stereocenters. The van der Waals surface area contributed by atoms with Gasteiger partial charge in [-0.25, -0.2) is 4.39 Å². The molecule has 192 valence electrons. The number of thioether (sulfide) groups is 1. The quantitative estimate of drug-likeness (QED) is 0.290. The number of nitrogens with zero attached hydrogens (tertiary/aromatic N) is 2. The van der Waals surface area contributed by atoms with Crippen molar-refractivity contribution in [3.05, 3.63) is 101 Å². The van der Waals surface area contributed by atoms with Gasteiger partial charge in [0.2, 0.25) is 5.91 Å². The minimum Gasteiger partial charge on any atom is -0.492 e. The Balaban J connectivity index is 1.30. The van der Waals surface area contributed by atoms with Crippen LogP contribution in [0.4, 0.5) is 14.9 Å². The van der Waals surface area contributed by atoms with Gasteiger partial charge in [-0.15, -0.1) is 0 Å². The molecule has 0 aliphatic carbocycles. The number of rotatable bonds is 8. The number of carbonyl (C=O) groups is 3. The van der Waals surface area contributed by atoms with Gasteiger partial charge in [-0.05, 0) is 72.8 Å². The second-order valence-corrected chi connectivity index (χ2v) is 9.78. The van der Waals surface area contributed by atoms with E-state index in [4.69, 9.17) is 4.74 Å². The van der Waals surface area contributed by atoms with E-state index in [0.29, 0.717) is 16.3 Å². The Hall–Kier alpha value is -4.37. The molecule has 3 aromatic carbocycles. The van der Waals surface area contributed by atoms with E-state index in [-0.39, 0.29) is 42.6 Å². The summed E-state index contributed by atoms with van der Waals surface area (Å²) < 4.78 is 20.6. The molecule has 5 rings (SSSR count). The van der Waals surface area contributed by atoms with Gasteiger partial charge in [0.15, 0.2) is 0 Å². The molecule has 3 amide bonds. The molecule has 1 aromatic heterocycles. The molecular weight excluding hydrogens is 505 g/mol. The zero-order valence-corrected chi connectivity index (χ0v) is 21.3. The lowest BCUT2D eigenvalue weighted by Gasteiger charge is -2.13. The molecule has 0 atom stereocenters. The number of nitrogens with one attached hydrogen (secondary N) is 1. The summed E-state index contributed by atoms with van der Waals surface area (Å²) >= 11 is 0.884. The number of para-hydroxylation sites is 1. The van der Waals surface area contributed by atoms with E-state index >= 15 is 0 Å². The van der Waals surface area contributed by atoms with E-state index in [1.165, 1.54) is 29.2 Å². The summed E-state index contributed by atoms with van der Waals surface area (Å²) in [5.74, 6) is -0.354. The lowest BCUT2D eigenvalue weighted by atomic mass is 10.1. The summed E-state index contributed by atoms with van der Waals surface area (Å²) in [4.78, 5) is 39.8. The predicted octanol–water partition coefficient (Wildman–Crippen LogP) is 5.84. The Labute approximate surface area is 222 Å². The number of benzene rings is 3. The van der Waals surface area contributed by atoms with Crippen molar-refractivity contribution in [2.24, 2.45) is 0 Å².